The number of urea groups is 1. The second-order valence-electron chi connectivity index (χ2n) is 6.57. The predicted molar refractivity (Wildman–Crippen MR) is 98.8 cm³/mol. The third-order valence-electron chi connectivity index (χ3n) is 4.28. The van der Waals surface area contributed by atoms with Crippen molar-refractivity contribution >= 4 is 22.5 Å². The second kappa shape index (κ2) is 7.85. The summed E-state index contributed by atoms with van der Waals surface area (Å²) >= 11 is 0. The smallest absolute Gasteiger partial charge is 0.334 e. The number of carbonyl (C=O) groups excluding carboxylic acids is 1. The normalized spacial score (nSPS) is 12.1. The first kappa shape index (κ1) is 21.4. The van der Waals surface area contributed by atoms with E-state index >= 15 is 0 Å². The second-order valence-corrected chi connectivity index (χ2v) is 6.57. The highest BCUT2D eigenvalue weighted by molar-refractivity contribution is 6.02. The first-order valence-corrected chi connectivity index (χ1v) is 8.62. The van der Waals surface area contributed by atoms with Crippen LogP contribution in [0.1, 0.15) is 22.4 Å². The maximum atomic E-state index is 13.2. The van der Waals surface area contributed by atoms with Crippen molar-refractivity contribution < 1.29 is 31.1 Å². The number of fused-ring (bicyclic) bond motifs is 1. The molecule has 0 saturated heterocycles. The number of nitrogens with zero attached hydrogens (tertiary/aromatic N) is 1. The van der Waals surface area contributed by atoms with Gasteiger partial charge in [0.05, 0.1) is 16.8 Å². The third-order valence-corrected chi connectivity index (χ3v) is 4.28. The van der Waals surface area contributed by atoms with Crippen LogP contribution in [0.3, 0.4) is 0 Å². The van der Waals surface area contributed by atoms with Crippen molar-refractivity contribution in [1.29, 1.82) is 0 Å². The molecule has 10 heteroatoms. The van der Waals surface area contributed by atoms with Crippen molar-refractivity contribution in [2.45, 2.75) is 25.8 Å². The number of anilines is 1. The molecule has 2 aromatic carbocycles. The number of alkyl halides is 6. The molecule has 1 heterocycles. The lowest BCUT2D eigenvalue weighted by atomic mass is 10.1. The highest BCUT2D eigenvalue weighted by Crippen LogP contribution is 2.35. The highest BCUT2D eigenvalue weighted by atomic mass is 19.4. The first-order valence-electron chi connectivity index (χ1n) is 8.62. The minimum absolute atomic E-state index is 0.0600. The highest BCUT2D eigenvalue weighted by Gasteiger charge is 2.32. The third kappa shape index (κ3) is 5.00. The molecule has 1 aromatic heterocycles. The van der Waals surface area contributed by atoms with Crippen molar-refractivity contribution in [3.63, 3.8) is 0 Å². The van der Waals surface area contributed by atoms with Crippen molar-refractivity contribution in [1.82, 2.24) is 10.3 Å². The van der Waals surface area contributed by atoms with Crippen LogP contribution in [0.5, 0.6) is 0 Å². The zero-order valence-corrected chi connectivity index (χ0v) is 15.4. The Bertz CT molecular complexity index is 1070. The van der Waals surface area contributed by atoms with Crippen LogP contribution in [-0.4, -0.2) is 11.0 Å². The number of pyridine rings is 1. The topological polar surface area (TPSA) is 54.0 Å². The van der Waals surface area contributed by atoms with Gasteiger partial charge in [0.1, 0.15) is 0 Å². The Morgan fingerprint density at radius 1 is 0.933 bits per heavy atom. The fraction of sp³-hybridized carbons (Fsp3) is 0.200. The summed E-state index contributed by atoms with van der Waals surface area (Å²) in [5.41, 5.74) is -0.883. The number of amides is 2. The SMILES string of the molecule is Cc1cc2c(NC(=O)NCc3ccc(C(F)(F)F)cc3)cc(C(F)(F)F)cc2cn1. The maximum Gasteiger partial charge on any atom is 0.416 e. The van der Waals surface area contributed by atoms with E-state index in [1.807, 2.05) is 0 Å². The van der Waals surface area contributed by atoms with E-state index in [-0.39, 0.29) is 17.6 Å². The molecule has 3 rings (SSSR count). The number of aromatic nitrogens is 1. The molecule has 0 unspecified atom stereocenters. The molecule has 0 fully saturated rings. The Morgan fingerprint density at radius 3 is 2.17 bits per heavy atom. The molecule has 0 saturated carbocycles. The van der Waals surface area contributed by atoms with Crippen LogP contribution in [0.25, 0.3) is 10.8 Å². The summed E-state index contributed by atoms with van der Waals surface area (Å²) in [4.78, 5) is 16.2. The number of benzene rings is 2. The van der Waals surface area contributed by atoms with E-state index in [1.54, 1.807) is 13.0 Å². The molecular formula is C20H15F6N3O. The minimum Gasteiger partial charge on any atom is -0.334 e. The molecule has 0 bridgehead atoms. The zero-order chi connectivity index (χ0) is 22.1. The number of nitrogens with one attached hydrogen (secondary N) is 2. The Labute approximate surface area is 166 Å². The number of rotatable bonds is 3. The fourth-order valence-corrected chi connectivity index (χ4v) is 2.79. The lowest BCUT2D eigenvalue weighted by Crippen LogP contribution is -2.28. The summed E-state index contributed by atoms with van der Waals surface area (Å²) in [6, 6.07) is 6.67. The molecule has 0 aliphatic heterocycles. The van der Waals surface area contributed by atoms with Crippen molar-refractivity contribution in [3.05, 3.63) is 71.0 Å². The van der Waals surface area contributed by atoms with E-state index in [0.717, 1.165) is 24.3 Å². The number of carbonyl (C=O) groups is 1. The predicted octanol–water partition coefficient (Wildman–Crippen LogP) is 5.90. The minimum atomic E-state index is -4.62. The average Bonchev–Trinajstić information content (AvgIpc) is 2.65. The van der Waals surface area contributed by atoms with Gasteiger partial charge in [-0.05, 0) is 42.8 Å². The van der Waals surface area contributed by atoms with Gasteiger partial charge >= 0.3 is 18.4 Å². The van der Waals surface area contributed by atoms with Crippen molar-refractivity contribution in [2.75, 3.05) is 5.32 Å². The summed E-state index contributed by atoms with van der Waals surface area (Å²) in [6.45, 7) is 1.55. The van der Waals surface area contributed by atoms with Gasteiger partial charge in [0.25, 0.3) is 0 Å². The molecule has 0 aliphatic rings. The van der Waals surface area contributed by atoms with Gasteiger partial charge < -0.3 is 10.6 Å². The van der Waals surface area contributed by atoms with Crippen LogP contribution in [0.4, 0.5) is 36.8 Å². The summed E-state index contributed by atoms with van der Waals surface area (Å²) in [5.74, 6) is 0. The van der Waals surface area contributed by atoms with Crippen LogP contribution < -0.4 is 10.6 Å². The molecule has 0 atom stereocenters. The van der Waals surface area contributed by atoms with E-state index in [0.29, 0.717) is 16.6 Å². The molecule has 2 amide bonds. The van der Waals surface area contributed by atoms with Gasteiger partial charge in [0.2, 0.25) is 0 Å². The summed E-state index contributed by atoms with van der Waals surface area (Å²) in [7, 11) is 0. The number of aryl methyl sites for hydroxylation is 1. The molecule has 0 aliphatic carbocycles. The molecule has 30 heavy (non-hydrogen) atoms. The maximum absolute atomic E-state index is 13.2. The number of halogens is 6. The Morgan fingerprint density at radius 2 is 1.57 bits per heavy atom. The molecular weight excluding hydrogens is 412 g/mol. The van der Waals surface area contributed by atoms with E-state index in [9.17, 15) is 31.1 Å². The molecule has 3 aromatic rings. The summed E-state index contributed by atoms with van der Waals surface area (Å²) < 4.78 is 77.3. The number of hydrogen-bond acceptors (Lipinski definition) is 2. The Kier molecular flexibility index (Phi) is 5.60. The van der Waals surface area contributed by atoms with Crippen LogP contribution in [0.15, 0.2) is 48.7 Å². The van der Waals surface area contributed by atoms with Crippen LogP contribution in [0, 0.1) is 6.92 Å². The Balaban J connectivity index is 1.78. The number of hydrogen-bond donors (Lipinski definition) is 2. The lowest BCUT2D eigenvalue weighted by molar-refractivity contribution is -0.138. The van der Waals surface area contributed by atoms with Gasteiger partial charge in [-0.15, -0.1) is 0 Å². The lowest BCUT2D eigenvalue weighted by Gasteiger charge is -2.14. The van der Waals surface area contributed by atoms with Gasteiger partial charge in [-0.25, -0.2) is 4.79 Å². The quantitative estimate of drug-likeness (QED) is 0.511. The molecule has 4 nitrogen and oxygen atoms in total. The van der Waals surface area contributed by atoms with Gasteiger partial charge in [-0.1, -0.05) is 12.1 Å². The monoisotopic (exact) mass is 427 g/mol. The summed E-state index contributed by atoms with van der Waals surface area (Å²) in [5, 5.41) is 5.37. The molecule has 2 N–H and O–H groups in total. The largest absolute Gasteiger partial charge is 0.416 e. The molecule has 158 valence electrons. The van der Waals surface area contributed by atoms with Gasteiger partial charge in [-0.3, -0.25) is 4.98 Å². The van der Waals surface area contributed by atoms with E-state index in [1.165, 1.54) is 18.3 Å². The van der Waals surface area contributed by atoms with Gasteiger partial charge in [0.15, 0.2) is 0 Å². The van der Waals surface area contributed by atoms with Gasteiger partial charge in [-0.2, -0.15) is 26.3 Å². The van der Waals surface area contributed by atoms with Crippen LogP contribution >= 0.6 is 0 Å². The standard InChI is InChI=1S/C20H15F6N3O/c1-11-6-16-13(10-27-11)7-15(20(24,25)26)8-17(16)29-18(30)28-9-12-2-4-14(5-3-12)19(21,22)23/h2-8,10H,9H2,1H3,(H2,28,29,30). The zero-order valence-electron chi connectivity index (χ0n) is 15.4. The Hall–Kier alpha value is -3.30. The summed E-state index contributed by atoms with van der Waals surface area (Å²) in [6.07, 6.45) is -7.81. The van der Waals surface area contributed by atoms with Crippen molar-refractivity contribution in [2.24, 2.45) is 0 Å². The van der Waals surface area contributed by atoms with Crippen molar-refractivity contribution in [3.8, 4) is 0 Å². The molecule has 0 radical (unpaired) electrons. The van der Waals surface area contributed by atoms with Crippen LogP contribution in [0.2, 0.25) is 0 Å². The van der Waals surface area contributed by atoms with E-state index in [2.05, 4.69) is 15.6 Å². The van der Waals surface area contributed by atoms with Gasteiger partial charge in [0, 0.05) is 29.2 Å². The fourth-order valence-electron chi connectivity index (χ4n) is 2.79. The average molecular weight is 427 g/mol. The van der Waals surface area contributed by atoms with E-state index in [4.69, 9.17) is 0 Å². The van der Waals surface area contributed by atoms with Crippen LogP contribution in [-0.2, 0) is 18.9 Å². The molecule has 0 spiro atoms. The van der Waals surface area contributed by atoms with E-state index < -0.39 is 29.5 Å². The first-order chi connectivity index (χ1) is 13.9.